The van der Waals surface area contributed by atoms with Crippen molar-refractivity contribution in [2.75, 3.05) is 5.75 Å². The van der Waals surface area contributed by atoms with Crippen LogP contribution < -0.4 is 5.32 Å². The second-order valence-electron chi connectivity index (χ2n) is 6.65. The Hall–Kier alpha value is -1.64. The molecule has 0 saturated carbocycles. The van der Waals surface area contributed by atoms with Gasteiger partial charge in [-0.1, -0.05) is 19.1 Å². The zero-order chi connectivity index (χ0) is 18.8. The standard InChI is InChI=1S/C16H25NO6S/c1-6-24(21,22)12-9-7-11(8-10-12)13(16(5,19)20)17-14(18)23-15(2,3)4/h7-10,13,19-20H,6H2,1-5H3,(H,17,18)/t13-/m0/s1. The van der Waals surface area contributed by atoms with E-state index >= 15 is 0 Å². The zero-order valence-electron chi connectivity index (χ0n) is 14.5. The van der Waals surface area contributed by atoms with E-state index in [-0.39, 0.29) is 10.6 Å². The Kier molecular flexibility index (Phi) is 6.02. The van der Waals surface area contributed by atoms with Gasteiger partial charge in [-0.05, 0) is 45.4 Å². The van der Waals surface area contributed by atoms with Gasteiger partial charge in [0.2, 0.25) is 0 Å². The highest BCUT2D eigenvalue weighted by Gasteiger charge is 2.33. The molecule has 1 rings (SSSR count). The summed E-state index contributed by atoms with van der Waals surface area (Å²) >= 11 is 0. The monoisotopic (exact) mass is 359 g/mol. The van der Waals surface area contributed by atoms with E-state index in [0.29, 0.717) is 5.56 Å². The third-order valence-corrected chi connectivity index (χ3v) is 4.91. The van der Waals surface area contributed by atoms with Gasteiger partial charge in [-0.3, -0.25) is 0 Å². The Morgan fingerprint density at radius 3 is 2.04 bits per heavy atom. The summed E-state index contributed by atoms with van der Waals surface area (Å²) in [7, 11) is -3.36. The number of alkyl carbamates (subject to hydrolysis) is 1. The van der Waals surface area contributed by atoms with Crippen LogP contribution in [0.5, 0.6) is 0 Å². The van der Waals surface area contributed by atoms with Crippen molar-refractivity contribution < 1.29 is 28.2 Å². The summed E-state index contributed by atoms with van der Waals surface area (Å²) in [5.41, 5.74) is -0.405. The van der Waals surface area contributed by atoms with Crippen molar-refractivity contribution in [3.05, 3.63) is 29.8 Å². The van der Waals surface area contributed by atoms with Crippen LogP contribution >= 0.6 is 0 Å². The van der Waals surface area contributed by atoms with Gasteiger partial charge in [0.15, 0.2) is 15.6 Å². The van der Waals surface area contributed by atoms with E-state index in [1.165, 1.54) is 31.2 Å². The third-order valence-electron chi connectivity index (χ3n) is 3.16. The van der Waals surface area contributed by atoms with E-state index in [0.717, 1.165) is 6.92 Å². The van der Waals surface area contributed by atoms with E-state index in [4.69, 9.17) is 4.74 Å². The topological polar surface area (TPSA) is 113 Å². The van der Waals surface area contributed by atoms with Crippen molar-refractivity contribution in [3.63, 3.8) is 0 Å². The van der Waals surface area contributed by atoms with Crippen LogP contribution in [0.4, 0.5) is 4.79 Å². The molecule has 0 aliphatic carbocycles. The molecule has 0 radical (unpaired) electrons. The first kappa shape index (κ1) is 20.4. The molecular weight excluding hydrogens is 334 g/mol. The van der Waals surface area contributed by atoms with Crippen LogP contribution in [0.3, 0.4) is 0 Å². The summed E-state index contributed by atoms with van der Waals surface area (Å²) in [6, 6.07) is 4.39. The Morgan fingerprint density at radius 1 is 1.17 bits per heavy atom. The van der Waals surface area contributed by atoms with Crippen LogP contribution in [-0.4, -0.2) is 41.9 Å². The maximum absolute atomic E-state index is 11.9. The molecule has 0 saturated heterocycles. The molecule has 1 amide bonds. The third kappa shape index (κ3) is 5.77. The minimum Gasteiger partial charge on any atom is -0.444 e. The number of rotatable bonds is 5. The number of nitrogens with one attached hydrogen (secondary N) is 1. The van der Waals surface area contributed by atoms with Gasteiger partial charge < -0.3 is 20.3 Å². The fraction of sp³-hybridized carbons (Fsp3) is 0.562. The molecule has 0 aliphatic heterocycles. The highest BCUT2D eigenvalue weighted by atomic mass is 32.2. The first-order valence-corrected chi connectivity index (χ1v) is 9.18. The molecule has 0 unspecified atom stereocenters. The lowest BCUT2D eigenvalue weighted by atomic mass is 10.00. The minimum absolute atomic E-state index is 0.0380. The molecule has 0 bridgehead atoms. The van der Waals surface area contributed by atoms with Crippen molar-refractivity contribution in [2.45, 2.75) is 56.9 Å². The number of sulfone groups is 1. The molecule has 0 fully saturated rings. The van der Waals surface area contributed by atoms with Crippen molar-refractivity contribution in [1.82, 2.24) is 5.32 Å². The Bertz CT molecular complexity index is 668. The number of amides is 1. The van der Waals surface area contributed by atoms with Gasteiger partial charge >= 0.3 is 6.09 Å². The first-order valence-electron chi connectivity index (χ1n) is 7.53. The predicted molar refractivity (Wildman–Crippen MR) is 89.1 cm³/mol. The van der Waals surface area contributed by atoms with E-state index in [9.17, 15) is 23.4 Å². The lowest BCUT2D eigenvalue weighted by Crippen LogP contribution is -2.45. The molecular formula is C16H25NO6S. The van der Waals surface area contributed by atoms with Crippen LogP contribution in [0.15, 0.2) is 29.2 Å². The molecule has 1 aromatic carbocycles. The second kappa shape index (κ2) is 7.08. The molecule has 24 heavy (non-hydrogen) atoms. The van der Waals surface area contributed by atoms with Crippen molar-refractivity contribution in [2.24, 2.45) is 0 Å². The van der Waals surface area contributed by atoms with Gasteiger partial charge in [-0.2, -0.15) is 0 Å². The van der Waals surface area contributed by atoms with Gasteiger partial charge in [0.25, 0.3) is 0 Å². The lowest BCUT2D eigenvalue weighted by molar-refractivity contribution is -0.169. The van der Waals surface area contributed by atoms with E-state index in [1.807, 2.05) is 0 Å². The molecule has 136 valence electrons. The smallest absolute Gasteiger partial charge is 0.408 e. The van der Waals surface area contributed by atoms with Crippen molar-refractivity contribution >= 4 is 15.9 Å². The predicted octanol–water partition coefficient (Wildman–Crippen LogP) is 1.75. The molecule has 0 heterocycles. The van der Waals surface area contributed by atoms with Gasteiger partial charge in [-0.25, -0.2) is 13.2 Å². The number of aliphatic hydroxyl groups is 2. The normalized spacial score (nSPS) is 14.1. The van der Waals surface area contributed by atoms with Gasteiger partial charge in [0.1, 0.15) is 11.6 Å². The van der Waals surface area contributed by atoms with E-state index in [1.54, 1.807) is 20.8 Å². The molecule has 7 nitrogen and oxygen atoms in total. The number of benzene rings is 1. The summed E-state index contributed by atoms with van der Waals surface area (Å²) in [5.74, 6) is -2.30. The largest absolute Gasteiger partial charge is 0.444 e. The van der Waals surface area contributed by atoms with Gasteiger partial charge in [0, 0.05) is 0 Å². The highest BCUT2D eigenvalue weighted by molar-refractivity contribution is 7.91. The van der Waals surface area contributed by atoms with Crippen LogP contribution in [0.1, 0.15) is 46.2 Å². The number of ether oxygens (including phenoxy) is 1. The van der Waals surface area contributed by atoms with Gasteiger partial charge in [-0.15, -0.1) is 0 Å². The maximum Gasteiger partial charge on any atom is 0.408 e. The van der Waals surface area contributed by atoms with Crippen LogP contribution in [0.2, 0.25) is 0 Å². The van der Waals surface area contributed by atoms with E-state index < -0.39 is 33.4 Å². The molecule has 3 N–H and O–H groups in total. The minimum atomic E-state index is -3.36. The summed E-state index contributed by atoms with van der Waals surface area (Å²) in [6.07, 6.45) is -0.813. The SMILES string of the molecule is CCS(=O)(=O)c1ccc([C@H](NC(=O)OC(C)(C)C)C(C)(O)O)cc1. The molecule has 0 spiro atoms. The van der Waals surface area contributed by atoms with Crippen LogP contribution in [-0.2, 0) is 14.6 Å². The lowest BCUT2D eigenvalue weighted by Gasteiger charge is -2.30. The second-order valence-corrected chi connectivity index (χ2v) is 8.92. The van der Waals surface area contributed by atoms with Crippen LogP contribution in [0, 0.1) is 0 Å². The first-order chi connectivity index (χ1) is 10.8. The van der Waals surface area contributed by atoms with Gasteiger partial charge in [0.05, 0.1) is 10.6 Å². The fourth-order valence-corrected chi connectivity index (χ4v) is 2.88. The number of hydrogen-bond donors (Lipinski definition) is 3. The van der Waals surface area contributed by atoms with E-state index in [2.05, 4.69) is 5.32 Å². The van der Waals surface area contributed by atoms with Crippen molar-refractivity contribution in [1.29, 1.82) is 0 Å². The summed E-state index contributed by atoms with van der Waals surface area (Å²) in [4.78, 5) is 12.0. The molecule has 0 aliphatic rings. The average molecular weight is 359 g/mol. The summed E-state index contributed by atoms with van der Waals surface area (Å²) < 4.78 is 28.8. The highest BCUT2D eigenvalue weighted by Crippen LogP contribution is 2.26. The quantitative estimate of drug-likeness (QED) is 0.690. The number of carbonyl (C=O) groups is 1. The number of hydrogen-bond acceptors (Lipinski definition) is 6. The Morgan fingerprint density at radius 2 is 1.67 bits per heavy atom. The van der Waals surface area contributed by atoms with Crippen molar-refractivity contribution in [3.8, 4) is 0 Å². The average Bonchev–Trinajstić information content (AvgIpc) is 2.42. The maximum atomic E-state index is 11.9. The number of carbonyl (C=O) groups excluding carboxylic acids is 1. The summed E-state index contributed by atoms with van der Waals surface area (Å²) in [6.45, 7) is 7.70. The Labute approximate surface area is 142 Å². The van der Waals surface area contributed by atoms with Crippen LogP contribution in [0.25, 0.3) is 0 Å². The molecule has 8 heteroatoms. The molecule has 1 atom stereocenters. The Balaban J connectivity index is 3.08. The molecule has 1 aromatic rings. The molecule has 0 aromatic heterocycles. The zero-order valence-corrected chi connectivity index (χ0v) is 15.3. The fourth-order valence-electron chi connectivity index (χ4n) is 2.00. The summed E-state index contributed by atoms with van der Waals surface area (Å²) in [5, 5.41) is 22.2.